The van der Waals surface area contributed by atoms with Gasteiger partial charge in [0, 0.05) is 24.5 Å². The van der Waals surface area contributed by atoms with Crippen molar-refractivity contribution < 1.29 is 9.53 Å². The Kier molecular flexibility index (Phi) is 7.61. The van der Waals surface area contributed by atoms with Gasteiger partial charge in [0.05, 0.1) is 12.9 Å². The molecule has 118 valence electrons. The van der Waals surface area contributed by atoms with Gasteiger partial charge in [-0.2, -0.15) is 0 Å². The lowest BCUT2D eigenvalue weighted by molar-refractivity contribution is -0.127. The van der Waals surface area contributed by atoms with Crippen LogP contribution in [0.15, 0.2) is 29.2 Å². The molecule has 0 radical (unpaired) electrons. The molecule has 1 unspecified atom stereocenters. The molecular formula is C16H26N2O2S. The third kappa shape index (κ3) is 6.40. The quantitative estimate of drug-likeness (QED) is 0.750. The Balaban J connectivity index is 2.38. The van der Waals surface area contributed by atoms with Gasteiger partial charge in [0.25, 0.3) is 0 Å². The molecule has 5 heteroatoms. The highest BCUT2D eigenvalue weighted by atomic mass is 32.2. The first-order chi connectivity index (χ1) is 9.93. The maximum atomic E-state index is 12.1. The van der Waals surface area contributed by atoms with Crippen molar-refractivity contribution in [2.24, 2.45) is 11.7 Å². The highest BCUT2D eigenvalue weighted by molar-refractivity contribution is 8.00. The predicted octanol–water partition coefficient (Wildman–Crippen LogP) is 2.62. The molecule has 0 fully saturated rings. The SMILES string of the molecule is COc1cccc(SCC(=O)N(C)CCC(N)C(C)C)c1. The summed E-state index contributed by atoms with van der Waals surface area (Å²) in [5, 5.41) is 0. The molecule has 0 aliphatic heterocycles. The average Bonchev–Trinajstić information content (AvgIpc) is 2.49. The number of methoxy groups -OCH3 is 1. The van der Waals surface area contributed by atoms with Crippen molar-refractivity contribution >= 4 is 17.7 Å². The molecule has 4 nitrogen and oxygen atoms in total. The third-order valence-electron chi connectivity index (χ3n) is 3.48. The fourth-order valence-corrected chi connectivity index (χ4v) is 2.63. The largest absolute Gasteiger partial charge is 0.497 e. The maximum absolute atomic E-state index is 12.1. The van der Waals surface area contributed by atoms with E-state index < -0.39 is 0 Å². The number of hydrogen-bond donors (Lipinski definition) is 1. The van der Waals surface area contributed by atoms with Gasteiger partial charge in [-0.1, -0.05) is 19.9 Å². The zero-order valence-corrected chi connectivity index (χ0v) is 14.2. The van der Waals surface area contributed by atoms with Gasteiger partial charge in [-0.25, -0.2) is 0 Å². The number of thioether (sulfide) groups is 1. The van der Waals surface area contributed by atoms with Gasteiger partial charge in [0.15, 0.2) is 0 Å². The Labute approximate surface area is 132 Å². The minimum atomic E-state index is 0.124. The molecular weight excluding hydrogens is 284 g/mol. The Morgan fingerprint density at radius 1 is 1.43 bits per heavy atom. The van der Waals surface area contributed by atoms with E-state index in [4.69, 9.17) is 10.5 Å². The van der Waals surface area contributed by atoms with Crippen molar-refractivity contribution in [2.75, 3.05) is 26.5 Å². The van der Waals surface area contributed by atoms with Crippen molar-refractivity contribution in [3.05, 3.63) is 24.3 Å². The lowest BCUT2D eigenvalue weighted by Gasteiger charge is -2.21. The van der Waals surface area contributed by atoms with Gasteiger partial charge in [0.2, 0.25) is 5.91 Å². The van der Waals surface area contributed by atoms with E-state index in [2.05, 4.69) is 13.8 Å². The highest BCUT2D eigenvalue weighted by Crippen LogP contribution is 2.22. The van der Waals surface area contributed by atoms with E-state index in [-0.39, 0.29) is 11.9 Å². The molecule has 0 aliphatic carbocycles. The number of carbonyl (C=O) groups excluding carboxylic acids is 1. The fraction of sp³-hybridized carbons (Fsp3) is 0.562. The first-order valence-corrected chi connectivity index (χ1v) is 8.19. The van der Waals surface area contributed by atoms with Crippen LogP contribution in [0.5, 0.6) is 5.75 Å². The fourth-order valence-electron chi connectivity index (χ4n) is 1.75. The monoisotopic (exact) mass is 310 g/mol. The molecule has 0 heterocycles. The standard InChI is InChI=1S/C16H26N2O2S/c1-12(2)15(17)8-9-18(3)16(19)11-21-14-7-5-6-13(10-14)20-4/h5-7,10,12,15H,8-9,11,17H2,1-4H3. The number of hydrogen-bond acceptors (Lipinski definition) is 4. The maximum Gasteiger partial charge on any atom is 0.232 e. The summed E-state index contributed by atoms with van der Waals surface area (Å²) in [6.45, 7) is 4.91. The molecule has 0 aliphatic rings. The summed E-state index contributed by atoms with van der Waals surface area (Å²) in [5.41, 5.74) is 6.00. The summed E-state index contributed by atoms with van der Waals surface area (Å²) in [4.78, 5) is 14.9. The summed E-state index contributed by atoms with van der Waals surface area (Å²) in [7, 11) is 3.47. The molecule has 0 bridgehead atoms. The number of carbonyl (C=O) groups is 1. The Morgan fingerprint density at radius 3 is 2.76 bits per heavy atom. The molecule has 1 rings (SSSR count). The Hall–Kier alpha value is -1.20. The van der Waals surface area contributed by atoms with Crippen LogP contribution in [-0.4, -0.2) is 43.3 Å². The molecule has 0 spiro atoms. The van der Waals surface area contributed by atoms with Crippen LogP contribution in [0.4, 0.5) is 0 Å². The van der Waals surface area contributed by atoms with Crippen LogP contribution in [0.3, 0.4) is 0 Å². The molecule has 1 amide bonds. The molecule has 1 aromatic rings. The lowest BCUT2D eigenvalue weighted by atomic mass is 10.0. The van der Waals surface area contributed by atoms with E-state index in [1.54, 1.807) is 12.0 Å². The second kappa shape index (κ2) is 8.95. The number of nitrogens with zero attached hydrogens (tertiary/aromatic N) is 1. The van der Waals surface area contributed by atoms with Crippen LogP contribution in [0.1, 0.15) is 20.3 Å². The van der Waals surface area contributed by atoms with E-state index in [0.29, 0.717) is 18.2 Å². The van der Waals surface area contributed by atoms with Crippen LogP contribution in [0.2, 0.25) is 0 Å². The molecule has 1 atom stereocenters. The topological polar surface area (TPSA) is 55.6 Å². The highest BCUT2D eigenvalue weighted by Gasteiger charge is 2.13. The van der Waals surface area contributed by atoms with Crippen molar-refractivity contribution in [3.8, 4) is 5.75 Å². The van der Waals surface area contributed by atoms with Crippen LogP contribution in [-0.2, 0) is 4.79 Å². The molecule has 0 saturated carbocycles. The van der Waals surface area contributed by atoms with Gasteiger partial charge in [-0.3, -0.25) is 4.79 Å². The summed E-state index contributed by atoms with van der Waals surface area (Å²) in [6, 6.07) is 7.88. The van der Waals surface area contributed by atoms with Gasteiger partial charge < -0.3 is 15.4 Å². The van der Waals surface area contributed by atoms with Gasteiger partial charge >= 0.3 is 0 Å². The van der Waals surface area contributed by atoms with Crippen LogP contribution in [0.25, 0.3) is 0 Å². The minimum absolute atomic E-state index is 0.124. The second-order valence-electron chi connectivity index (χ2n) is 5.48. The predicted molar refractivity (Wildman–Crippen MR) is 88.8 cm³/mol. The van der Waals surface area contributed by atoms with Crippen molar-refractivity contribution in [1.29, 1.82) is 0 Å². The van der Waals surface area contributed by atoms with Crippen molar-refractivity contribution in [1.82, 2.24) is 4.90 Å². The molecule has 0 aromatic heterocycles. The second-order valence-corrected chi connectivity index (χ2v) is 6.53. The van der Waals surface area contributed by atoms with Gasteiger partial charge in [-0.15, -0.1) is 11.8 Å². The smallest absolute Gasteiger partial charge is 0.232 e. The third-order valence-corrected chi connectivity index (χ3v) is 4.46. The Morgan fingerprint density at radius 2 is 2.14 bits per heavy atom. The summed E-state index contributed by atoms with van der Waals surface area (Å²) in [5.74, 6) is 1.81. The number of nitrogens with two attached hydrogens (primary N) is 1. The van der Waals surface area contributed by atoms with E-state index in [1.807, 2.05) is 31.3 Å². The van der Waals surface area contributed by atoms with Crippen molar-refractivity contribution in [2.45, 2.75) is 31.2 Å². The van der Waals surface area contributed by atoms with Crippen LogP contribution in [0, 0.1) is 5.92 Å². The van der Waals surface area contributed by atoms with E-state index in [9.17, 15) is 4.79 Å². The van der Waals surface area contributed by atoms with Crippen LogP contribution >= 0.6 is 11.8 Å². The number of ether oxygens (including phenoxy) is 1. The zero-order chi connectivity index (χ0) is 15.8. The molecule has 21 heavy (non-hydrogen) atoms. The summed E-state index contributed by atoms with van der Waals surface area (Å²) < 4.78 is 5.17. The first-order valence-electron chi connectivity index (χ1n) is 7.20. The number of benzene rings is 1. The van der Waals surface area contributed by atoms with Gasteiger partial charge in [0.1, 0.15) is 5.75 Å². The minimum Gasteiger partial charge on any atom is -0.497 e. The lowest BCUT2D eigenvalue weighted by Crippen LogP contribution is -2.35. The van der Waals surface area contributed by atoms with E-state index in [1.165, 1.54) is 11.8 Å². The first kappa shape index (κ1) is 17.9. The van der Waals surface area contributed by atoms with Crippen LogP contribution < -0.4 is 10.5 Å². The van der Waals surface area contributed by atoms with E-state index >= 15 is 0 Å². The molecule has 0 saturated heterocycles. The molecule has 1 aromatic carbocycles. The van der Waals surface area contributed by atoms with Crippen molar-refractivity contribution in [3.63, 3.8) is 0 Å². The molecule has 2 N–H and O–H groups in total. The summed E-state index contributed by atoms with van der Waals surface area (Å²) >= 11 is 1.52. The normalized spacial score (nSPS) is 12.3. The number of rotatable bonds is 8. The average molecular weight is 310 g/mol. The zero-order valence-electron chi connectivity index (χ0n) is 13.3. The number of amides is 1. The van der Waals surface area contributed by atoms with E-state index in [0.717, 1.165) is 17.1 Å². The Bertz CT molecular complexity index is 452. The summed E-state index contributed by atoms with van der Waals surface area (Å²) in [6.07, 6.45) is 0.837. The van der Waals surface area contributed by atoms with Gasteiger partial charge in [-0.05, 0) is 30.5 Å².